The molecule has 0 aliphatic rings. The lowest BCUT2D eigenvalue weighted by Gasteiger charge is -2.32. The van der Waals surface area contributed by atoms with E-state index in [1.807, 2.05) is 12.1 Å². The number of methoxy groups -OCH3 is 2. The van der Waals surface area contributed by atoms with E-state index in [0.717, 1.165) is 24.5 Å². The molecule has 0 spiro atoms. The third-order valence-corrected chi connectivity index (χ3v) is 4.33. The van der Waals surface area contributed by atoms with Gasteiger partial charge in [0, 0.05) is 11.6 Å². The van der Waals surface area contributed by atoms with Crippen LogP contribution in [0.15, 0.2) is 18.2 Å². The highest BCUT2D eigenvalue weighted by Crippen LogP contribution is 2.37. The van der Waals surface area contributed by atoms with Gasteiger partial charge >= 0.3 is 0 Å². The van der Waals surface area contributed by atoms with Crippen molar-refractivity contribution < 1.29 is 9.47 Å². The van der Waals surface area contributed by atoms with E-state index in [9.17, 15) is 0 Å². The van der Waals surface area contributed by atoms with Crippen LogP contribution < -0.4 is 14.8 Å². The molecule has 0 saturated carbocycles. The first-order valence-corrected chi connectivity index (χ1v) is 7.78. The molecule has 2 unspecified atom stereocenters. The minimum Gasteiger partial charge on any atom is -0.497 e. The Morgan fingerprint density at radius 2 is 1.81 bits per heavy atom. The molecule has 0 aliphatic heterocycles. The minimum absolute atomic E-state index is 0.272. The second-order valence-corrected chi connectivity index (χ2v) is 6.72. The zero-order valence-corrected chi connectivity index (χ0v) is 14.6. The van der Waals surface area contributed by atoms with E-state index in [0.29, 0.717) is 11.3 Å². The highest BCUT2D eigenvalue weighted by atomic mass is 16.5. The fraction of sp³-hybridized carbons (Fsp3) is 0.667. The maximum atomic E-state index is 5.54. The molecule has 120 valence electrons. The molecule has 1 rings (SSSR count). The quantitative estimate of drug-likeness (QED) is 0.807. The summed E-state index contributed by atoms with van der Waals surface area (Å²) in [7, 11) is 3.42. The molecule has 2 atom stereocenters. The highest BCUT2D eigenvalue weighted by molar-refractivity contribution is 5.42. The molecule has 3 nitrogen and oxygen atoms in total. The van der Waals surface area contributed by atoms with Crippen LogP contribution in [0.5, 0.6) is 11.5 Å². The van der Waals surface area contributed by atoms with E-state index in [-0.39, 0.29) is 6.04 Å². The van der Waals surface area contributed by atoms with Crippen molar-refractivity contribution in [1.82, 2.24) is 5.32 Å². The summed E-state index contributed by atoms with van der Waals surface area (Å²) in [5.41, 5.74) is 1.47. The Morgan fingerprint density at radius 3 is 2.29 bits per heavy atom. The zero-order valence-electron chi connectivity index (χ0n) is 14.6. The Kier molecular flexibility index (Phi) is 6.53. The van der Waals surface area contributed by atoms with Crippen molar-refractivity contribution in [2.75, 3.05) is 20.8 Å². The van der Waals surface area contributed by atoms with Gasteiger partial charge in [0.25, 0.3) is 0 Å². The van der Waals surface area contributed by atoms with Gasteiger partial charge in [-0.15, -0.1) is 0 Å². The predicted molar refractivity (Wildman–Crippen MR) is 89.2 cm³/mol. The largest absolute Gasteiger partial charge is 0.497 e. The van der Waals surface area contributed by atoms with Crippen molar-refractivity contribution in [1.29, 1.82) is 0 Å². The number of hydrogen-bond donors (Lipinski definition) is 1. The summed E-state index contributed by atoms with van der Waals surface area (Å²) in [5, 5.41) is 3.59. The first-order valence-electron chi connectivity index (χ1n) is 7.78. The van der Waals surface area contributed by atoms with E-state index in [2.05, 4.69) is 46.0 Å². The van der Waals surface area contributed by atoms with Gasteiger partial charge in [0.1, 0.15) is 11.5 Å². The number of rotatable bonds is 7. The maximum Gasteiger partial charge on any atom is 0.123 e. The SMILES string of the molecule is CCNC(CC(C)C(C)(C)C)c1cc(OC)ccc1OC. The molecule has 1 aromatic carbocycles. The van der Waals surface area contributed by atoms with Crippen molar-refractivity contribution in [2.24, 2.45) is 11.3 Å². The molecule has 1 N–H and O–H groups in total. The molecule has 0 aliphatic carbocycles. The van der Waals surface area contributed by atoms with Crippen LogP contribution in [0, 0.1) is 11.3 Å². The second kappa shape index (κ2) is 7.69. The molecule has 0 amide bonds. The van der Waals surface area contributed by atoms with Gasteiger partial charge < -0.3 is 14.8 Å². The van der Waals surface area contributed by atoms with Crippen molar-refractivity contribution in [3.8, 4) is 11.5 Å². The molecule has 0 heterocycles. The molecule has 0 bridgehead atoms. The monoisotopic (exact) mass is 293 g/mol. The lowest BCUT2D eigenvalue weighted by Crippen LogP contribution is -2.27. The van der Waals surface area contributed by atoms with Crippen molar-refractivity contribution in [2.45, 2.75) is 47.1 Å². The minimum atomic E-state index is 0.272. The van der Waals surface area contributed by atoms with Crippen molar-refractivity contribution in [3.05, 3.63) is 23.8 Å². The smallest absolute Gasteiger partial charge is 0.123 e. The first-order chi connectivity index (χ1) is 9.83. The summed E-state index contributed by atoms with van der Waals surface area (Å²) >= 11 is 0. The van der Waals surface area contributed by atoms with E-state index in [1.54, 1.807) is 14.2 Å². The lowest BCUT2D eigenvalue weighted by atomic mass is 9.77. The van der Waals surface area contributed by atoms with E-state index >= 15 is 0 Å². The average Bonchev–Trinajstić information content (AvgIpc) is 2.45. The topological polar surface area (TPSA) is 30.5 Å². The normalized spacial score (nSPS) is 14.6. The van der Waals surface area contributed by atoms with Crippen LogP contribution in [-0.4, -0.2) is 20.8 Å². The lowest BCUT2D eigenvalue weighted by molar-refractivity contribution is 0.222. The molecule has 0 radical (unpaired) electrons. The number of hydrogen-bond acceptors (Lipinski definition) is 3. The Hall–Kier alpha value is -1.22. The standard InChI is InChI=1S/C18H31NO2/c1-8-19-16(11-13(2)18(3,4)5)15-12-14(20-6)9-10-17(15)21-7/h9-10,12-13,16,19H,8,11H2,1-7H3. The Labute approximate surface area is 130 Å². The van der Waals surface area contributed by atoms with Gasteiger partial charge in [0.15, 0.2) is 0 Å². The third kappa shape index (κ3) is 4.92. The highest BCUT2D eigenvalue weighted by Gasteiger charge is 2.25. The number of ether oxygens (including phenoxy) is 2. The molecule has 3 heteroatoms. The van der Waals surface area contributed by atoms with E-state index < -0.39 is 0 Å². The van der Waals surface area contributed by atoms with E-state index in [1.165, 1.54) is 5.56 Å². The van der Waals surface area contributed by atoms with E-state index in [4.69, 9.17) is 9.47 Å². The summed E-state index contributed by atoms with van der Waals surface area (Å²) in [5.74, 6) is 2.39. The van der Waals surface area contributed by atoms with Gasteiger partial charge in [0.2, 0.25) is 0 Å². The summed E-state index contributed by atoms with van der Waals surface area (Å²) in [6, 6.07) is 6.29. The summed E-state index contributed by atoms with van der Waals surface area (Å²) in [6.45, 7) is 12.3. The molecule has 0 fully saturated rings. The molecule has 1 aromatic rings. The fourth-order valence-corrected chi connectivity index (χ4v) is 2.39. The van der Waals surface area contributed by atoms with Crippen molar-refractivity contribution >= 4 is 0 Å². The van der Waals surface area contributed by atoms with Gasteiger partial charge in [-0.2, -0.15) is 0 Å². The van der Waals surface area contributed by atoms with Gasteiger partial charge in [-0.3, -0.25) is 0 Å². The summed E-state index contributed by atoms with van der Waals surface area (Å²) < 4.78 is 10.9. The van der Waals surface area contributed by atoms with Crippen LogP contribution in [0.1, 0.15) is 52.6 Å². The van der Waals surface area contributed by atoms with Crippen LogP contribution in [0.25, 0.3) is 0 Å². The number of benzene rings is 1. The zero-order chi connectivity index (χ0) is 16.0. The fourth-order valence-electron chi connectivity index (χ4n) is 2.39. The second-order valence-electron chi connectivity index (χ2n) is 6.72. The third-order valence-electron chi connectivity index (χ3n) is 4.33. The van der Waals surface area contributed by atoms with Gasteiger partial charge in [-0.1, -0.05) is 34.6 Å². The average molecular weight is 293 g/mol. The molecular formula is C18H31NO2. The summed E-state index contributed by atoms with van der Waals surface area (Å²) in [6.07, 6.45) is 1.07. The van der Waals surface area contributed by atoms with Crippen LogP contribution in [0.4, 0.5) is 0 Å². The Morgan fingerprint density at radius 1 is 1.14 bits per heavy atom. The van der Waals surface area contributed by atoms with Gasteiger partial charge in [-0.25, -0.2) is 0 Å². The molecule has 0 aromatic heterocycles. The predicted octanol–water partition coefficient (Wildman–Crippen LogP) is 4.43. The summed E-state index contributed by atoms with van der Waals surface area (Å²) in [4.78, 5) is 0. The van der Waals surface area contributed by atoms with Crippen LogP contribution in [0.3, 0.4) is 0 Å². The molecule has 0 saturated heterocycles. The van der Waals surface area contributed by atoms with Crippen molar-refractivity contribution in [3.63, 3.8) is 0 Å². The first kappa shape index (κ1) is 17.8. The van der Waals surface area contributed by atoms with Crippen LogP contribution in [0.2, 0.25) is 0 Å². The maximum absolute atomic E-state index is 5.54. The van der Waals surface area contributed by atoms with Gasteiger partial charge in [-0.05, 0) is 42.5 Å². The molecule has 21 heavy (non-hydrogen) atoms. The van der Waals surface area contributed by atoms with Gasteiger partial charge in [0.05, 0.1) is 14.2 Å². The van der Waals surface area contributed by atoms with Crippen LogP contribution in [-0.2, 0) is 0 Å². The Balaban J connectivity index is 3.09. The Bertz CT molecular complexity index is 437. The number of nitrogens with one attached hydrogen (secondary N) is 1. The van der Waals surface area contributed by atoms with Crippen LogP contribution >= 0.6 is 0 Å². The molecular weight excluding hydrogens is 262 g/mol.